The predicted molar refractivity (Wildman–Crippen MR) is 85.6 cm³/mol. The second kappa shape index (κ2) is 7.08. The lowest BCUT2D eigenvalue weighted by Gasteiger charge is -2.24. The molecule has 3 heteroatoms. The number of piperidine rings is 1. The molecule has 1 heterocycles. The van der Waals surface area contributed by atoms with E-state index in [1.807, 2.05) is 12.1 Å². The summed E-state index contributed by atoms with van der Waals surface area (Å²) in [6.07, 6.45) is 8.92. The number of carbonyl (C=O) groups is 1. The van der Waals surface area contributed by atoms with Gasteiger partial charge in [-0.2, -0.15) is 0 Å². The molecular formula is C18H26N2O. The number of amides is 1. The van der Waals surface area contributed by atoms with E-state index in [2.05, 4.69) is 22.8 Å². The Morgan fingerprint density at radius 3 is 2.43 bits per heavy atom. The summed E-state index contributed by atoms with van der Waals surface area (Å²) in [5.74, 6) is 0.775. The normalized spacial score (nSPS) is 23.7. The van der Waals surface area contributed by atoms with E-state index >= 15 is 0 Å². The van der Waals surface area contributed by atoms with E-state index in [-0.39, 0.29) is 11.9 Å². The van der Waals surface area contributed by atoms with Gasteiger partial charge in [-0.05, 0) is 55.8 Å². The lowest BCUT2D eigenvalue weighted by molar-refractivity contribution is 0.0930. The monoisotopic (exact) mass is 286 g/mol. The number of hydrogen-bond acceptors (Lipinski definition) is 2. The van der Waals surface area contributed by atoms with E-state index in [1.165, 1.54) is 37.7 Å². The first-order chi connectivity index (χ1) is 10.3. The highest BCUT2D eigenvalue weighted by molar-refractivity contribution is 5.94. The van der Waals surface area contributed by atoms with Gasteiger partial charge in [0.1, 0.15) is 0 Å². The van der Waals surface area contributed by atoms with Crippen molar-refractivity contribution < 1.29 is 4.79 Å². The summed E-state index contributed by atoms with van der Waals surface area (Å²) in [7, 11) is 0. The van der Waals surface area contributed by atoms with E-state index in [0.29, 0.717) is 5.92 Å². The van der Waals surface area contributed by atoms with Gasteiger partial charge >= 0.3 is 0 Å². The van der Waals surface area contributed by atoms with Crippen molar-refractivity contribution in [3.8, 4) is 0 Å². The third-order valence-electron chi connectivity index (χ3n) is 4.88. The molecule has 1 aliphatic carbocycles. The fourth-order valence-electron chi connectivity index (χ4n) is 3.59. The van der Waals surface area contributed by atoms with Crippen LogP contribution in [-0.4, -0.2) is 25.0 Å². The smallest absolute Gasteiger partial charge is 0.251 e. The number of rotatable bonds is 3. The standard InChI is InChI=1S/C18H26N2O/c21-18(20-17-7-4-12-19-13-17)16-10-8-15(9-11-16)14-5-2-1-3-6-14/h8-11,14,17,19H,1-7,12-13H2,(H,20,21). The molecule has 1 aromatic carbocycles. The maximum Gasteiger partial charge on any atom is 0.251 e. The second-order valence-corrected chi connectivity index (χ2v) is 6.47. The fourth-order valence-corrected chi connectivity index (χ4v) is 3.59. The lowest BCUT2D eigenvalue weighted by Crippen LogP contribution is -2.45. The Hall–Kier alpha value is -1.35. The molecular weight excluding hydrogens is 260 g/mol. The summed E-state index contributed by atoms with van der Waals surface area (Å²) in [5, 5.41) is 6.46. The van der Waals surface area contributed by atoms with Crippen LogP contribution >= 0.6 is 0 Å². The molecule has 1 aromatic rings. The minimum Gasteiger partial charge on any atom is -0.348 e. The van der Waals surface area contributed by atoms with Crippen molar-refractivity contribution in [2.45, 2.75) is 56.9 Å². The van der Waals surface area contributed by atoms with E-state index in [1.54, 1.807) is 0 Å². The summed E-state index contributed by atoms with van der Waals surface area (Å²) in [6.45, 7) is 1.97. The summed E-state index contributed by atoms with van der Waals surface area (Å²) >= 11 is 0. The van der Waals surface area contributed by atoms with Crippen molar-refractivity contribution in [1.82, 2.24) is 10.6 Å². The van der Waals surface area contributed by atoms with E-state index in [9.17, 15) is 4.79 Å². The first-order valence-corrected chi connectivity index (χ1v) is 8.44. The molecule has 0 spiro atoms. The van der Waals surface area contributed by atoms with Gasteiger partial charge < -0.3 is 10.6 Å². The first-order valence-electron chi connectivity index (χ1n) is 8.44. The molecule has 21 heavy (non-hydrogen) atoms. The van der Waals surface area contributed by atoms with Gasteiger partial charge in [0, 0.05) is 18.2 Å². The SMILES string of the molecule is O=C(NC1CCCNC1)c1ccc(C2CCCCC2)cc1. The molecule has 0 bridgehead atoms. The minimum absolute atomic E-state index is 0.0684. The van der Waals surface area contributed by atoms with Crippen LogP contribution in [0.3, 0.4) is 0 Å². The van der Waals surface area contributed by atoms with Crippen LogP contribution < -0.4 is 10.6 Å². The van der Waals surface area contributed by atoms with Gasteiger partial charge in [0.2, 0.25) is 0 Å². The average molecular weight is 286 g/mol. The molecule has 3 rings (SSSR count). The van der Waals surface area contributed by atoms with Crippen LogP contribution in [-0.2, 0) is 0 Å². The fraction of sp³-hybridized carbons (Fsp3) is 0.611. The zero-order valence-electron chi connectivity index (χ0n) is 12.7. The maximum atomic E-state index is 12.3. The highest BCUT2D eigenvalue weighted by Gasteiger charge is 2.18. The summed E-state index contributed by atoms with van der Waals surface area (Å²) in [6, 6.07) is 8.59. The average Bonchev–Trinajstić information content (AvgIpc) is 2.57. The molecule has 1 atom stereocenters. The number of carbonyl (C=O) groups excluding carboxylic acids is 1. The van der Waals surface area contributed by atoms with Crippen LogP contribution in [0, 0.1) is 0 Å². The van der Waals surface area contributed by atoms with Gasteiger partial charge in [-0.25, -0.2) is 0 Å². The topological polar surface area (TPSA) is 41.1 Å². The van der Waals surface area contributed by atoms with Crippen molar-refractivity contribution >= 4 is 5.91 Å². The zero-order chi connectivity index (χ0) is 14.5. The van der Waals surface area contributed by atoms with Crippen LogP contribution in [0.5, 0.6) is 0 Å². The Bertz CT molecular complexity index is 457. The molecule has 0 aromatic heterocycles. The third-order valence-corrected chi connectivity index (χ3v) is 4.88. The maximum absolute atomic E-state index is 12.3. The quantitative estimate of drug-likeness (QED) is 0.896. The molecule has 1 aliphatic heterocycles. The number of hydrogen-bond donors (Lipinski definition) is 2. The molecule has 2 aliphatic rings. The first kappa shape index (κ1) is 14.6. The predicted octanol–water partition coefficient (Wildman–Crippen LogP) is 3.22. The Morgan fingerprint density at radius 2 is 1.76 bits per heavy atom. The molecule has 2 fully saturated rings. The van der Waals surface area contributed by atoms with Crippen LogP contribution in [0.25, 0.3) is 0 Å². The van der Waals surface area contributed by atoms with Crippen LogP contribution in [0.4, 0.5) is 0 Å². The Kier molecular flexibility index (Phi) is 4.91. The van der Waals surface area contributed by atoms with Crippen molar-refractivity contribution in [3.63, 3.8) is 0 Å². The van der Waals surface area contributed by atoms with Gasteiger partial charge in [0.05, 0.1) is 0 Å². The summed E-state index contributed by atoms with van der Waals surface area (Å²) < 4.78 is 0. The van der Waals surface area contributed by atoms with Crippen molar-refractivity contribution in [1.29, 1.82) is 0 Å². The minimum atomic E-state index is 0.0684. The summed E-state index contributed by atoms with van der Waals surface area (Å²) in [4.78, 5) is 12.3. The molecule has 1 saturated carbocycles. The Morgan fingerprint density at radius 1 is 1.00 bits per heavy atom. The van der Waals surface area contributed by atoms with E-state index < -0.39 is 0 Å². The number of benzene rings is 1. The lowest BCUT2D eigenvalue weighted by atomic mass is 9.84. The Balaban J connectivity index is 1.58. The molecule has 0 radical (unpaired) electrons. The van der Waals surface area contributed by atoms with Gasteiger partial charge in [-0.3, -0.25) is 4.79 Å². The molecule has 114 valence electrons. The molecule has 1 unspecified atom stereocenters. The van der Waals surface area contributed by atoms with Gasteiger partial charge in [-0.1, -0.05) is 31.4 Å². The Labute approximate surface area is 127 Å². The van der Waals surface area contributed by atoms with Gasteiger partial charge in [0.25, 0.3) is 5.91 Å². The van der Waals surface area contributed by atoms with Gasteiger partial charge in [-0.15, -0.1) is 0 Å². The molecule has 2 N–H and O–H groups in total. The zero-order valence-corrected chi connectivity index (χ0v) is 12.7. The number of nitrogens with one attached hydrogen (secondary N) is 2. The third kappa shape index (κ3) is 3.85. The molecule has 1 amide bonds. The highest BCUT2D eigenvalue weighted by Crippen LogP contribution is 2.32. The van der Waals surface area contributed by atoms with Crippen molar-refractivity contribution in [2.75, 3.05) is 13.1 Å². The van der Waals surface area contributed by atoms with Crippen LogP contribution in [0.2, 0.25) is 0 Å². The van der Waals surface area contributed by atoms with Crippen LogP contribution in [0.15, 0.2) is 24.3 Å². The van der Waals surface area contributed by atoms with E-state index in [4.69, 9.17) is 0 Å². The highest BCUT2D eigenvalue weighted by atomic mass is 16.1. The van der Waals surface area contributed by atoms with Crippen LogP contribution in [0.1, 0.15) is 66.8 Å². The molecule has 3 nitrogen and oxygen atoms in total. The largest absolute Gasteiger partial charge is 0.348 e. The second-order valence-electron chi connectivity index (χ2n) is 6.47. The van der Waals surface area contributed by atoms with Crippen molar-refractivity contribution in [3.05, 3.63) is 35.4 Å². The van der Waals surface area contributed by atoms with E-state index in [0.717, 1.165) is 31.5 Å². The van der Waals surface area contributed by atoms with Gasteiger partial charge in [0.15, 0.2) is 0 Å². The molecule has 1 saturated heterocycles. The summed E-state index contributed by atoms with van der Waals surface area (Å²) in [5.41, 5.74) is 2.20. The van der Waals surface area contributed by atoms with Crippen molar-refractivity contribution in [2.24, 2.45) is 0 Å².